The molecule has 0 saturated heterocycles. The third-order valence-corrected chi connectivity index (χ3v) is 5.15. The fourth-order valence-electron chi connectivity index (χ4n) is 2.44. The highest BCUT2D eigenvalue weighted by Crippen LogP contribution is 2.29. The molecular formula is C17H16F3N3O3S. The van der Waals surface area contributed by atoms with Crippen LogP contribution in [0.15, 0.2) is 59.7 Å². The molecule has 0 radical (unpaired) electrons. The summed E-state index contributed by atoms with van der Waals surface area (Å²) >= 11 is 0. The van der Waals surface area contributed by atoms with Crippen molar-refractivity contribution in [2.24, 2.45) is 0 Å². The van der Waals surface area contributed by atoms with Gasteiger partial charge in [-0.15, -0.1) is 0 Å². The predicted molar refractivity (Wildman–Crippen MR) is 92.0 cm³/mol. The number of alkyl halides is 3. The van der Waals surface area contributed by atoms with E-state index in [0.717, 1.165) is 35.4 Å². The molecule has 3 aromatic rings. The normalized spacial score (nSPS) is 12.4. The van der Waals surface area contributed by atoms with Crippen molar-refractivity contribution >= 4 is 10.0 Å². The maximum absolute atomic E-state index is 12.5. The van der Waals surface area contributed by atoms with E-state index in [1.54, 1.807) is 35.7 Å². The van der Waals surface area contributed by atoms with Crippen LogP contribution in [0.5, 0.6) is 0 Å². The molecule has 0 atom stereocenters. The first kappa shape index (κ1) is 19.2. The van der Waals surface area contributed by atoms with E-state index in [2.05, 4.69) is 9.82 Å². The average molecular weight is 399 g/mol. The molecule has 144 valence electrons. The smallest absolute Gasteiger partial charge is 0.416 e. The van der Waals surface area contributed by atoms with Gasteiger partial charge in [0.25, 0.3) is 0 Å². The fourth-order valence-corrected chi connectivity index (χ4v) is 3.58. The molecule has 0 unspecified atom stereocenters. The maximum atomic E-state index is 12.5. The summed E-state index contributed by atoms with van der Waals surface area (Å²) in [5.74, 6) is -0.398. The van der Waals surface area contributed by atoms with E-state index >= 15 is 0 Å². The number of furan rings is 1. The van der Waals surface area contributed by atoms with Gasteiger partial charge in [-0.1, -0.05) is 12.1 Å². The molecule has 0 aliphatic carbocycles. The van der Waals surface area contributed by atoms with E-state index in [4.69, 9.17) is 4.42 Å². The van der Waals surface area contributed by atoms with Crippen LogP contribution >= 0.6 is 0 Å². The van der Waals surface area contributed by atoms with Gasteiger partial charge in [0.1, 0.15) is 0 Å². The van der Waals surface area contributed by atoms with Gasteiger partial charge in [-0.25, -0.2) is 13.1 Å². The minimum Gasteiger partial charge on any atom is -0.472 e. The molecule has 6 nitrogen and oxygen atoms in total. The second-order valence-electron chi connectivity index (χ2n) is 5.85. The third-order valence-electron chi connectivity index (χ3n) is 3.79. The molecule has 2 heterocycles. The zero-order valence-electron chi connectivity index (χ0n) is 14.0. The molecule has 0 aliphatic rings. The first-order chi connectivity index (χ1) is 12.7. The lowest BCUT2D eigenvalue weighted by Crippen LogP contribution is -2.28. The second kappa shape index (κ2) is 7.57. The lowest BCUT2D eigenvalue weighted by Gasteiger charge is -2.09. The zero-order valence-corrected chi connectivity index (χ0v) is 14.8. The number of nitrogens with one attached hydrogen (secondary N) is 1. The topological polar surface area (TPSA) is 77.1 Å². The lowest BCUT2D eigenvalue weighted by atomic mass is 10.1. The van der Waals surface area contributed by atoms with Gasteiger partial charge in [0.2, 0.25) is 10.0 Å². The van der Waals surface area contributed by atoms with Crippen LogP contribution < -0.4 is 4.72 Å². The van der Waals surface area contributed by atoms with Gasteiger partial charge < -0.3 is 4.42 Å². The minimum atomic E-state index is -4.45. The molecule has 0 amide bonds. The van der Waals surface area contributed by atoms with Crippen molar-refractivity contribution in [1.82, 2.24) is 14.5 Å². The van der Waals surface area contributed by atoms with Crippen LogP contribution in [0, 0.1) is 0 Å². The molecule has 0 saturated carbocycles. The molecule has 2 aromatic heterocycles. The summed E-state index contributed by atoms with van der Waals surface area (Å²) in [7, 11) is -3.68. The van der Waals surface area contributed by atoms with Crippen molar-refractivity contribution in [1.29, 1.82) is 0 Å². The maximum Gasteiger partial charge on any atom is 0.416 e. The summed E-state index contributed by atoms with van der Waals surface area (Å²) in [4.78, 5) is 0. The molecule has 1 aromatic carbocycles. The molecule has 0 fully saturated rings. The van der Waals surface area contributed by atoms with E-state index in [1.165, 1.54) is 0 Å². The standard InChI is InChI=1S/C17H16F3N3O3S/c18-17(19,20)16-3-1-13(2-4-16)12-27(24,25)22-6-7-23-10-15(9-21-23)14-5-8-26-11-14/h1-5,8-11,22H,6-7,12H2. The van der Waals surface area contributed by atoms with Gasteiger partial charge in [-0.05, 0) is 23.8 Å². The summed E-state index contributed by atoms with van der Waals surface area (Å²) < 4.78 is 70.8. The average Bonchev–Trinajstić information content (AvgIpc) is 3.25. The monoisotopic (exact) mass is 399 g/mol. The van der Waals surface area contributed by atoms with Gasteiger partial charge in [0, 0.05) is 23.9 Å². The second-order valence-corrected chi connectivity index (χ2v) is 7.66. The van der Waals surface area contributed by atoms with E-state index in [-0.39, 0.29) is 12.1 Å². The van der Waals surface area contributed by atoms with Crippen molar-refractivity contribution < 1.29 is 26.0 Å². The number of sulfonamides is 1. The van der Waals surface area contributed by atoms with E-state index < -0.39 is 27.5 Å². The number of hydrogen-bond donors (Lipinski definition) is 1. The van der Waals surface area contributed by atoms with Crippen LogP contribution in [0.3, 0.4) is 0 Å². The quantitative estimate of drug-likeness (QED) is 0.662. The Morgan fingerprint density at radius 3 is 2.48 bits per heavy atom. The van der Waals surface area contributed by atoms with Crippen molar-refractivity contribution in [3.8, 4) is 11.1 Å². The summed E-state index contributed by atoms with van der Waals surface area (Å²) in [5.41, 5.74) is 1.17. The predicted octanol–water partition coefficient (Wildman–Crippen LogP) is 3.28. The summed E-state index contributed by atoms with van der Waals surface area (Å²) in [5, 5.41) is 4.14. The van der Waals surface area contributed by atoms with Crippen LogP contribution in [0.2, 0.25) is 0 Å². The van der Waals surface area contributed by atoms with E-state index in [0.29, 0.717) is 6.54 Å². The molecule has 27 heavy (non-hydrogen) atoms. The summed E-state index contributed by atoms with van der Waals surface area (Å²) in [6.07, 6.45) is 2.07. The molecule has 1 N–H and O–H groups in total. The molecule has 0 bridgehead atoms. The van der Waals surface area contributed by atoms with Crippen molar-refractivity contribution in [2.75, 3.05) is 6.54 Å². The van der Waals surface area contributed by atoms with Crippen molar-refractivity contribution in [3.05, 3.63) is 66.4 Å². The molecule has 0 spiro atoms. The van der Waals surface area contributed by atoms with Gasteiger partial charge >= 0.3 is 6.18 Å². The van der Waals surface area contributed by atoms with Crippen molar-refractivity contribution in [2.45, 2.75) is 18.5 Å². The van der Waals surface area contributed by atoms with E-state index in [9.17, 15) is 21.6 Å². The first-order valence-corrected chi connectivity index (χ1v) is 9.57. The lowest BCUT2D eigenvalue weighted by molar-refractivity contribution is -0.137. The van der Waals surface area contributed by atoms with Crippen LogP contribution in [0.1, 0.15) is 11.1 Å². The SMILES string of the molecule is O=S(=O)(Cc1ccc(C(F)(F)F)cc1)NCCn1cc(-c2ccoc2)cn1. The summed E-state index contributed by atoms with van der Waals surface area (Å²) in [6.45, 7) is 0.416. The minimum absolute atomic E-state index is 0.107. The third kappa shape index (κ3) is 5.20. The fraction of sp³-hybridized carbons (Fsp3) is 0.235. The first-order valence-electron chi connectivity index (χ1n) is 7.91. The van der Waals surface area contributed by atoms with Crippen LogP contribution in [-0.4, -0.2) is 24.7 Å². The highest BCUT2D eigenvalue weighted by molar-refractivity contribution is 7.88. The van der Waals surface area contributed by atoms with Gasteiger partial charge in [-0.3, -0.25) is 4.68 Å². The Balaban J connectivity index is 1.53. The number of halogens is 3. The Morgan fingerprint density at radius 1 is 1.11 bits per heavy atom. The van der Waals surface area contributed by atoms with E-state index in [1.807, 2.05) is 0 Å². The number of nitrogens with zero attached hydrogens (tertiary/aromatic N) is 2. The van der Waals surface area contributed by atoms with Gasteiger partial charge in [0.05, 0.1) is 36.6 Å². The van der Waals surface area contributed by atoms with Gasteiger partial charge in [0.15, 0.2) is 0 Å². The van der Waals surface area contributed by atoms with Crippen LogP contribution in [0.4, 0.5) is 13.2 Å². The molecule has 10 heteroatoms. The highest BCUT2D eigenvalue weighted by atomic mass is 32.2. The highest BCUT2D eigenvalue weighted by Gasteiger charge is 2.30. The molecular weight excluding hydrogens is 383 g/mol. The van der Waals surface area contributed by atoms with Crippen LogP contribution in [0.25, 0.3) is 11.1 Å². The summed E-state index contributed by atoms with van der Waals surface area (Å²) in [6, 6.07) is 5.84. The Labute approximate surface area is 153 Å². The Bertz CT molecular complexity index is 979. The van der Waals surface area contributed by atoms with Crippen LogP contribution in [-0.2, 0) is 28.5 Å². The Morgan fingerprint density at radius 2 is 1.85 bits per heavy atom. The zero-order chi connectivity index (χ0) is 19.5. The largest absolute Gasteiger partial charge is 0.472 e. The number of hydrogen-bond acceptors (Lipinski definition) is 4. The number of aromatic nitrogens is 2. The van der Waals surface area contributed by atoms with Crippen molar-refractivity contribution in [3.63, 3.8) is 0 Å². The number of rotatable bonds is 7. The van der Waals surface area contributed by atoms with Gasteiger partial charge in [-0.2, -0.15) is 18.3 Å². The number of benzene rings is 1. The Kier molecular flexibility index (Phi) is 5.38. The molecule has 0 aliphatic heterocycles. The molecule has 3 rings (SSSR count). The Hall–Kier alpha value is -2.59.